The largest absolute Gasteiger partial charge is 0.445 e. The Bertz CT molecular complexity index is 1110. The van der Waals surface area contributed by atoms with Gasteiger partial charge in [-0.25, -0.2) is 4.79 Å². The Labute approximate surface area is 222 Å². The number of aliphatic hydroxyl groups is 1. The number of amides is 3. The number of carbonyl (C=O) groups excluding carboxylic acids is 3. The fourth-order valence-corrected chi connectivity index (χ4v) is 5.42. The summed E-state index contributed by atoms with van der Waals surface area (Å²) in [5.41, 5.74) is 2.87. The van der Waals surface area contributed by atoms with Gasteiger partial charge >= 0.3 is 6.09 Å². The van der Waals surface area contributed by atoms with Gasteiger partial charge in [-0.3, -0.25) is 9.59 Å². The highest BCUT2D eigenvalue weighted by molar-refractivity contribution is 8.00. The first-order chi connectivity index (χ1) is 17.6. The van der Waals surface area contributed by atoms with Gasteiger partial charge in [0.15, 0.2) is 6.10 Å². The first kappa shape index (κ1) is 28.3. The molecule has 1 heterocycles. The number of carbonyl (C=O) groups is 3. The molecule has 0 aliphatic carbocycles. The van der Waals surface area contributed by atoms with Crippen molar-refractivity contribution in [2.45, 2.75) is 56.7 Å². The van der Waals surface area contributed by atoms with Gasteiger partial charge in [-0.2, -0.15) is 0 Å². The van der Waals surface area contributed by atoms with Crippen LogP contribution in [0.25, 0.3) is 0 Å². The molecule has 1 saturated heterocycles. The lowest BCUT2D eigenvalue weighted by atomic mass is 9.97. The molecule has 1 fully saturated rings. The maximum absolute atomic E-state index is 13.6. The number of thioether (sulfide) groups is 1. The van der Waals surface area contributed by atoms with Crippen LogP contribution in [0.5, 0.6) is 0 Å². The van der Waals surface area contributed by atoms with Crippen LogP contribution in [0.3, 0.4) is 0 Å². The molecule has 0 saturated carbocycles. The van der Waals surface area contributed by atoms with E-state index in [9.17, 15) is 19.5 Å². The molecule has 9 heteroatoms. The summed E-state index contributed by atoms with van der Waals surface area (Å²) in [5.74, 6) is -0.680. The molecule has 2 aromatic rings. The van der Waals surface area contributed by atoms with Gasteiger partial charge in [-0.05, 0) is 43.9 Å². The van der Waals surface area contributed by atoms with Crippen LogP contribution in [0.1, 0.15) is 30.5 Å². The zero-order chi connectivity index (χ0) is 27.0. The number of aliphatic hydroxyl groups excluding tert-OH is 1. The van der Waals surface area contributed by atoms with Gasteiger partial charge in [-0.1, -0.05) is 67.3 Å². The highest BCUT2D eigenvalue weighted by atomic mass is 32.2. The predicted molar refractivity (Wildman–Crippen MR) is 145 cm³/mol. The van der Waals surface area contributed by atoms with Crippen LogP contribution >= 0.6 is 11.8 Å². The summed E-state index contributed by atoms with van der Waals surface area (Å²) < 4.78 is 4.45. The average molecular weight is 526 g/mol. The Morgan fingerprint density at radius 2 is 1.86 bits per heavy atom. The molecule has 2 aromatic carbocycles. The van der Waals surface area contributed by atoms with Crippen molar-refractivity contribution in [3.63, 3.8) is 0 Å². The van der Waals surface area contributed by atoms with Crippen LogP contribution in [0.4, 0.5) is 4.79 Å². The monoisotopic (exact) mass is 525 g/mol. The molecular weight excluding hydrogens is 490 g/mol. The normalized spacial score (nSPS) is 17.9. The fourth-order valence-electron chi connectivity index (χ4n) is 4.28. The third-order valence-electron chi connectivity index (χ3n) is 6.36. The number of nitrogens with zero attached hydrogens (tertiary/aromatic N) is 1. The molecule has 3 amide bonds. The van der Waals surface area contributed by atoms with Crippen LogP contribution in [-0.2, 0) is 27.3 Å². The predicted octanol–water partition coefficient (Wildman–Crippen LogP) is 3.18. The number of ether oxygens (including phenoxy) is 1. The molecule has 0 bridgehead atoms. The fraction of sp³-hybridized carbons (Fsp3) is 0.393. The Balaban J connectivity index is 1.77. The molecule has 1 aliphatic heterocycles. The molecule has 3 N–H and O–H groups in total. The second kappa shape index (κ2) is 12.8. The van der Waals surface area contributed by atoms with Gasteiger partial charge in [0.1, 0.15) is 12.6 Å². The quantitative estimate of drug-likeness (QED) is 0.411. The van der Waals surface area contributed by atoms with E-state index in [0.29, 0.717) is 6.54 Å². The van der Waals surface area contributed by atoms with E-state index in [-0.39, 0.29) is 24.8 Å². The molecule has 0 aromatic heterocycles. The third-order valence-corrected chi connectivity index (χ3v) is 7.73. The lowest BCUT2D eigenvalue weighted by Gasteiger charge is -2.33. The Hall–Kier alpha value is -3.30. The lowest BCUT2D eigenvalue weighted by Crippen LogP contribution is -2.58. The van der Waals surface area contributed by atoms with Crippen LogP contribution in [-0.4, -0.2) is 63.3 Å². The van der Waals surface area contributed by atoms with E-state index in [1.54, 1.807) is 0 Å². The van der Waals surface area contributed by atoms with Crippen LogP contribution < -0.4 is 10.6 Å². The Morgan fingerprint density at radius 3 is 2.54 bits per heavy atom. The molecule has 1 aliphatic rings. The van der Waals surface area contributed by atoms with Gasteiger partial charge in [0.25, 0.3) is 5.91 Å². The van der Waals surface area contributed by atoms with E-state index < -0.39 is 34.9 Å². The smallest absolute Gasteiger partial charge is 0.407 e. The van der Waals surface area contributed by atoms with Gasteiger partial charge in [-0.15, -0.1) is 11.8 Å². The molecule has 0 radical (unpaired) electrons. The van der Waals surface area contributed by atoms with Crippen molar-refractivity contribution in [3.8, 4) is 0 Å². The molecular formula is C28H35N3O5S. The van der Waals surface area contributed by atoms with Gasteiger partial charge < -0.3 is 25.4 Å². The Kier molecular flexibility index (Phi) is 9.77. The van der Waals surface area contributed by atoms with Gasteiger partial charge in [0.2, 0.25) is 5.91 Å². The number of rotatable bonds is 10. The molecule has 3 atom stereocenters. The minimum atomic E-state index is -1.59. The number of benzene rings is 2. The van der Waals surface area contributed by atoms with E-state index in [0.717, 1.165) is 16.7 Å². The summed E-state index contributed by atoms with van der Waals surface area (Å²) in [6.07, 6.45) is -0.725. The third kappa shape index (κ3) is 7.36. The van der Waals surface area contributed by atoms with E-state index in [1.807, 2.05) is 75.4 Å². The minimum Gasteiger partial charge on any atom is -0.445 e. The highest BCUT2D eigenvalue weighted by Crippen LogP contribution is 2.40. The zero-order valence-corrected chi connectivity index (χ0v) is 22.3. The SMILES string of the molecule is C=CCOC(=O)N[C@@H](Cc1ccccc1)[C@H](O)C(=O)N1CSC(C)(C)[C@H]1C(=O)NCc1ccccc1C. The van der Waals surface area contributed by atoms with Crippen molar-refractivity contribution in [3.05, 3.63) is 83.9 Å². The van der Waals surface area contributed by atoms with Crippen LogP contribution in [0, 0.1) is 6.92 Å². The Morgan fingerprint density at radius 1 is 1.19 bits per heavy atom. The maximum Gasteiger partial charge on any atom is 0.407 e. The van der Waals surface area contributed by atoms with Crippen molar-refractivity contribution in [1.82, 2.24) is 15.5 Å². The van der Waals surface area contributed by atoms with E-state index in [2.05, 4.69) is 17.2 Å². The number of hydrogen-bond donors (Lipinski definition) is 3. The maximum atomic E-state index is 13.6. The summed E-state index contributed by atoms with van der Waals surface area (Å²) in [6, 6.07) is 15.2. The average Bonchev–Trinajstić information content (AvgIpc) is 3.21. The summed E-state index contributed by atoms with van der Waals surface area (Å²) in [7, 11) is 0. The number of nitrogens with one attached hydrogen (secondary N) is 2. The van der Waals surface area contributed by atoms with Gasteiger partial charge in [0, 0.05) is 11.3 Å². The van der Waals surface area contributed by atoms with E-state index in [4.69, 9.17) is 4.74 Å². The number of alkyl carbamates (subject to hydrolysis) is 1. The van der Waals surface area contributed by atoms with Crippen molar-refractivity contribution in [2.75, 3.05) is 12.5 Å². The topological polar surface area (TPSA) is 108 Å². The number of aryl methyl sites for hydroxylation is 1. The van der Waals surface area contributed by atoms with Crippen molar-refractivity contribution in [1.29, 1.82) is 0 Å². The van der Waals surface area contributed by atoms with E-state index >= 15 is 0 Å². The highest BCUT2D eigenvalue weighted by Gasteiger charge is 2.49. The molecule has 8 nitrogen and oxygen atoms in total. The second-order valence-electron chi connectivity index (χ2n) is 9.50. The molecule has 0 unspecified atom stereocenters. The number of hydrogen-bond acceptors (Lipinski definition) is 6. The first-order valence-corrected chi connectivity index (χ1v) is 13.2. The van der Waals surface area contributed by atoms with Gasteiger partial charge in [0.05, 0.1) is 11.9 Å². The van der Waals surface area contributed by atoms with Crippen molar-refractivity contribution >= 4 is 29.7 Å². The summed E-state index contributed by atoms with van der Waals surface area (Å²) >= 11 is 1.47. The summed E-state index contributed by atoms with van der Waals surface area (Å²) in [6.45, 7) is 9.63. The van der Waals surface area contributed by atoms with Crippen molar-refractivity contribution in [2.24, 2.45) is 0 Å². The molecule has 0 spiro atoms. The van der Waals surface area contributed by atoms with Crippen LogP contribution in [0.2, 0.25) is 0 Å². The molecule has 37 heavy (non-hydrogen) atoms. The first-order valence-electron chi connectivity index (χ1n) is 12.2. The summed E-state index contributed by atoms with van der Waals surface area (Å²) in [5, 5.41) is 16.7. The van der Waals surface area contributed by atoms with E-state index in [1.165, 1.54) is 22.7 Å². The standard InChI is InChI=1S/C28H35N3O5S/c1-5-15-36-27(35)30-22(16-20-12-7-6-8-13-20)23(32)26(34)31-18-37-28(3,4)24(31)25(33)29-17-21-14-10-9-11-19(21)2/h5-14,22-24,32H,1,15-18H2,2-4H3,(H,29,33)(H,30,35)/t22-,23-,24+/m0/s1. The summed E-state index contributed by atoms with van der Waals surface area (Å²) in [4.78, 5) is 40.6. The zero-order valence-electron chi connectivity index (χ0n) is 21.5. The lowest BCUT2D eigenvalue weighted by molar-refractivity contribution is -0.147. The second-order valence-corrected chi connectivity index (χ2v) is 11.1. The van der Waals surface area contributed by atoms with Crippen molar-refractivity contribution < 1.29 is 24.2 Å². The molecule has 198 valence electrons. The minimum absolute atomic E-state index is 0.00593. The molecule has 3 rings (SSSR count). The van der Waals surface area contributed by atoms with Crippen LogP contribution in [0.15, 0.2) is 67.3 Å².